The molecule has 2 aromatic heterocycles. The predicted octanol–water partition coefficient (Wildman–Crippen LogP) is 1.49. The summed E-state index contributed by atoms with van der Waals surface area (Å²) in [5.74, 6) is 0.311. The maximum atomic E-state index is 12.4. The van der Waals surface area contributed by atoms with E-state index in [1.165, 1.54) is 9.36 Å². The summed E-state index contributed by atoms with van der Waals surface area (Å²) in [6, 6.07) is 2.55. The van der Waals surface area contributed by atoms with E-state index in [-0.39, 0.29) is 6.67 Å². The van der Waals surface area contributed by atoms with Gasteiger partial charge in [-0.3, -0.25) is 0 Å². The van der Waals surface area contributed by atoms with E-state index in [1.807, 2.05) is 0 Å². The van der Waals surface area contributed by atoms with E-state index in [0.29, 0.717) is 11.5 Å². The number of aryl methyl sites for hydroxylation is 1. The number of nitrogens with two attached hydrogens (primary N) is 1. The Morgan fingerprint density at radius 2 is 2.06 bits per heavy atom. The minimum Gasteiger partial charge on any atom is -0.382 e. The Morgan fingerprint density at radius 3 is 2.53 bits per heavy atom. The molecule has 0 aliphatic carbocycles. The normalized spacial score (nSPS) is 12.0. The second-order valence-electron chi connectivity index (χ2n) is 3.59. The highest BCUT2D eigenvalue weighted by Gasteiger charge is 2.34. The Labute approximate surface area is 94.6 Å². The first-order valence-corrected chi connectivity index (χ1v) is 4.77. The van der Waals surface area contributed by atoms with Crippen molar-refractivity contribution in [2.24, 2.45) is 0 Å². The van der Waals surface area contributed by atoms with Crippen LogP contribution < -0.4 is 5.73 Å². The molecule has 0 bridgehead atoms. The zero-order chi connectivity index (χ0) is 12.6. The van der Waals surface area contributed by atoms with Gasteiger partial charge < -0.3 is 5.73 Å². The van der Waals surface area contributed by atoms with Gasteiger partial charge in [0.25, 0.3) is 0 Å². The molecule has 2 rings (SSSR count). The molecule has 0 saturated heterocycles. The molecular weight excluding hydrogens is 235 g/mol. The van der Waals surface area contributed by atoms with Crippen molar-refractivity contribution in [2.75, 3.05) is 5.73 Å². The van der Waals surface area contributed by atoms with Gasteiger partial charge in [-0.05, 0) is 13.0 Å². The molecule has 2 N–H and O–H groups in total. The largest absolute Gasteiger partial charge is 0.435 e. The number of nitrogen functional groups attached to an aromatic ring is 1. The van der Waals surface area contributed by atoms with Crippen molar-refractivity contribution < 1.29 is 13.2 Å². The number of hydrogen-bond acceptors (Lipinski definition) is 3. The fourth-order valence-corrected chi connectivity index (χ4v) is 1.39. The smallest absolute Gasteiger partial charge is 0.382 e. The highest BCUT2D eigenvalue weighted by molar-refractivity contribution is 5.23. The van der Waals surface area contributed by atoms with Gasteiger partial charge in [-0.2, -0.15) is 23.4 Å². The monoisotopic (exact) mass is 245 g/mol. The first kappa shape index (κ1) is 11.5. The number of alkyl halides is 3. The molecule has 0 aliphatic rings. The lowest BCUT2D eigenvalue weighted by molar-refractivity contribution is -0.141. The minimum absolute atomic E-state index is 0.0963. The van der Waals surface area contributed by atoms with Crippen LogP contribution in [0.25, 0.3) is 0 Å². The van der Waals surface area contributed by atoms with Crippen LogP contribution in [-0.4, -0.2) is 19.6 Å². The van der Waals surface area contributed by atoms with Crippen LogP contribution in [0.5, 0.6) is 0 Å². The van der Waals surface area contributed by atoms with Gasteiger partial charge in [0.2, 0.25) is 0 Å². The summed E-state index contributed by atoms with van der Waals surface area (Å²) >= 11 is 0. The summed E-state index contributed by atoms with van der Waals surface area (Å²) in [6.07, 6.45) is -2.86. The van der Waals surface area contributed by atoms with Crippen LogP contribution in [0.3, 0.4) is 0 Å². The minimum atomic E-state index is -4.43. The second kappa shape index (κ2) is 3.79. The maximum absolute atomic E-state index is 12.4. The lowest BCUT2D eigenvalue weighted by Crippen LogP contribution is -2.13. The standard InChI is InChI=1S/C9H10F3N5/c1-6-4-7(9(10,11)12)14-17(6)5-16-3-2-8(13)15-16/h2-4H,5H2,1H3,(H2,13,15). The van der Waals surface area contributed by atoms with Crippen molar-refractivity contribution in [2.45, 2.75) is 19.8 Å². The summed E-state index contributed by atoms with van der Waals surface area (Å²) in [5.41, 5.74) is 4.90. The Morgan fingerprint density at radius 1 is 1.35 bits per heavy atom. The van der Waals surface area contributed by atoms with Crippen molar-refractivity contribution >= 4 is 5.82 Å². The molecule has 0 atom stereocenters. The van der Waals surface area contributed by atoms with E-state index in [2.05, 4.69) is 10.2 Å². The third kappa shape index (κ3) is 2.40. The SMILES string of the molecule is Cc1cc(C(F)(F)F)nn1Cn1ccc(N)n1. The summed E-state index contributed by atoms with van der Waals surface area (Å²) in [4.78, 5) is 0. The molecule has 0 aromatic carbocycles. The summed E-state index contributed by atoms with van der Waals surface area (Å²) in [7, 11) is 0. The topological polar surface area (TPSA) is 61.7 Å². The van der Waals surface area contributed by atoms with Crippen molar-refractivity contribution in [3.8, 4) is 0 Å². The van der Waals surface area contributed by atoms with Gasteiger partial charge >= 0.3 is 6.18 Å². The molecule has 0 unspecified atom stereocenters. The van der Waals surface area contributed by atoms with E-state index in [4.69, 9.17) is 5.73 Å². The summed E-state index contributed by atoms with van der Waals surface area (Å²) < 4.78 is 39.8. The molecular formula is C9H10F3N5. The lowest BCUT2D eigenvalue weighted by Gasteiger charge is -2.04. The average Bonchev–Trinajstić information content (AvgIpc) is 2.74. The van der Waals surface area contributed by atoms with Gasteiger partial charge in [0.1, 0.15) is 12.5 Å². The molecule has 8 heteroatoms. The van der Waals surface area contributed by atoms with Crippen molar-refractivity contribution in [3.05, 3.63) is 29.7 Å². The van der Waals surface area contributed by atoms with Crippen LogP contribution in [0, 0.1) is 6.92 Å². The Hall–Kier alpha value is -1.99. The molecule has 0 amide bonds. The molecule has 17 heavy (non-hydrogen) atoms. The van der Waals surface area contributed by atoms with Crippen molar-refractivity contribution in [1.29, 1.82) is 0 Å². The van der Waals surface area contributed by atoms with Crippen LogP contribution in [0.4, 0.5) is 19.0 Å². The average molecular weight is 245 g/mol. The van der Waals surface area contributed by atoms with Gasteiger partial charge in [-0.1, -0.05) is 0 Å². The molecule has 92 valence electrons. The van der Waals surface area contributed by atoms with Gasteiger partial charge in [-0.15, -0.1) is 0 Å². The van der Waals surface area contributed by atoms with Crippen LogP contribution in [-0.2, 0) is 12.8 Å². The predicted molar refractivity (Wildman–Crippen MR) is 54.0 cm³/mol. The van der Waals surface area contributed by atoms with Crippen LogP contribution in [0.2, 0.25) is 0 Å². The Balaban J connectivity index is 2.25. The quantitative estimate of drug-likeness (QED) is 0.872. The third-order valence-corrected chi connectivity index (χ3v) is 2.21. The van der Waals surface area contributed by atoms with Gasteiger partial charge in [-0.25, -0.2) is 9.36 Å². The number of aromatic nitrogens is 4. The number of halogens is 3. The fourth-order valence-electron chi connectivity index (χ4n) is 1.39. The fraction of sp³-hybridized carbons (Fsp3) is 0.333. The van der Waals surface area contributed by atoms with E-state index >= 15 is 0 Å². The number of nitrogens with zero attached hydrogens (tertiary/aromatic N) is 4. The van der Waals surface area contributed by atoms with Crippen molar-refractivity contribution in [1.82, 2.24) is 19.6 Å². The molecule has 0 spiro atoms. The van der Waals surface area contributed by atoms with E-state index < -0.39 is 11.9 Å². The summed E-state index contributed by atoms with van der Waals surface area (Å²) in [6.45, 7) is 1.65. The Kier molecular flexibility index (Phi) is 2.56. The molecule has 0 saturated carbocycles. The van der Waals surface area contributed by atoms with Crippen molar-refractivity contribution in [3.63, 3.8) is 0 Å². The molecule has 0 aliphatic heterocycles. The Bertz CT molecular complexity index is 525. The molecule has 0 radical (unpaired) electrons. The highest BCUT2D eigenvalue weighted by Crippen LogP contribution is 2.28. The third-order valence-electron chi connectivity index (χ3n) is 2.21. The molecule has 5 nitrogen and oxygen atoms in total. The molecule has 2 heterocycles. The second-order valence-corrected chi connectivity index (χ2v) is 3.59. The van der Waals surface area contributed by atoms with Gasteiger partial charge in [0.05, 0.1) is 0 Å². The zero-order valence-corrected chi connectivity index (χ0v) is 8.94. The first-order chi connectivity index (χ1) is 7.86. The zero-order valence-electron chi connectivity index (χ0n) is 8.94. The number of hydrogen-bond donors (Lipinski definition) is 1. The van der Waals surface area contributed by atoms with Crippen LogP contribution >= 0.6 is 0 Å². The van der Waals surface area contributed by atoms with E-state index in [0.717, 1.165) is 6.07 Å². The molecule has 2 aromatic rings. The maximum Gasteiger partial charge on any atom is 0.435 e. The summed E-state index contributed by atoms with van der Waals surface area (Å²) in [5, 5.41) is 7.35. The van der Waals surface area contributed by atoms with E-state index in [1.54, 1.807) is 19.2 Å². The van der Waals surface area contributed by atoms with Crippen LogP contribution in [0.15, 0.2) is 18.3 Å². The number of rotatable bonds is 2. The van der Waals surface area contributed by atoms with Gasteiger partial charge in [0.15, 0.2) is 5.69 Å². The van der Waals surface area contributed by atoms with Gasteiger partial charge in [0, 0.05) is 18.0 Å². The lowest BCUT2D eigenvalue weighted by atomic mass is 10.4. The highest BCUT2D eigenvalue weighted by atomic mass is 19.4. The number of anilines is 1. The first-order valence-electron chi connectivity index (χ1n) is 4.77. The van der Waals surface area contributed by atoms with E-state index in [9.17, 15) is 13.2 Å². The van der Waals surface area contributed by atoms with Crippen LogP contribution in [0.1, 0.15) is 11.4 Å². The molecule has 0 fully saturated rings.